The molecule has 0 aromatic heterocycles. The molecule has 0 heterocycles. The lowest BCUT2D eigenvalue weighted by Gasteiger charge is -2.16. The molecule has 2 aromatic carbocycles. The van der Waals surface area contributed by atoms with Gasteiger partial charge in [-0.15, -0.1) is 0 Å². The molecule has 0 fully saturated rings. The molecule has 0 atom stereocenters. The van der Waals surface area contributed by atoms with Gasteiger partial charge >= 0.3 is 0 Å². The maximum absolute atomic E-state index is 12.8. The molecule has 0 amide bonds. The predicted molar refractivity (Wildman–Crippen MR) is 85.5 cm³/mol. The first kappa shape index (κ1) is 15.7. The minimum absolute atomic E-state index is 0.179. The summed E-state index contributed by atoms with van der Waals surface area (Å²) in [6, 6.07) is 17.2. The van der Waals surface area contributed by atoms with Crippen molar-refractivity contribution < 1.29 is 4.39 Å². The van der Waals surface area contributed by atoms with Gasteiger partial charge in [0.05, 0.1) is 0 Å². The fourth-order valence-electron chi connectivity index (χ4n) is 2.28. The Balaban J connectivity index is 1.58. The van der Waals surface area contributed by atoms with Crippen LogP contribution in [0, 0.1) is 5.82 Å². The molecule has 2 aromatic rings. The van der Waals surface area contributed by atoms with Crippen molar-refractivity contribution in [2.75, 3.05) is 20.1 Å². The van der Waals surface area contributed by atoms with Crippen molar-refractivity contribution in [1.82, 2.24) is 10.2 Å². The number of nitrogens with zero attached hydrogens (tertiary/aromatic N) is 1. The van der Waals surface area contributed by atoms with E-state index in [1.807, 2.05) is 18.2 Å². The lowest BCUT2D eigenvalue weighted by atomic mass is 10.2. The van der Waals surface area contributed by atoms with Gasteiger partial charge < -0.3 is 10.2 Å². The van der Waals surface area contributed by atoms with Crippen LogP contribution in [0.25, 0.3) is 0 Å². The van der Waals surface area contributed by atoms with Crippen molar-refractivity contribution in [1.29, 1.82) is 0 Å². The van der Waals surface area contributed by atoms with Crippen LogP contribution in [0.15, 0.2) is 54.6 Å². The Labute approximate surface area is 126 Å². The first-order chi connectivity index (χ1) is 10.2. The Morgan fingerprint density at radius 3 is 2.38 bits per heavy atom. The number of rotatable bonds is 8. The molecule has 0 aliphatic rings. The molecule has 0 aliphatic carbocycles. The van der Waals surface area contributed by atoms with E-state index in [-0.39, 0.29) is 5.82 Å². The summed E-state index contributed by atoms with van der Waals surface area (Å²) in [6.45, 7) is 3.81. The topological polar surface area (TPSA) is 15.3 Å². The fourth-order valence-corrected chi connectivity index (χ4v) is 2.28. The molecule has 0 unspecified atom stereocenters. The minimum Gasteiger partial charge on any atom is -0.313 e. The number of benzene rings is 2. The van der Waals surface area contributed by atoms with Crippen LogP contribution in [0.5, 0.6) is 0 Å². The van der Waals surface area contributed by atoms with Crippen molar-refractivity contribution in [3.63, 3.8) is 0 Å². The van der Waals surface area contributed by atoms with Gasteiger partial charge in [-0.1, -0.05) is 42.5 Å². The van der Waals surface area contributed by atoms with Gasteiger partial charge in [-0.3, -0.25) is 0 Å². The largest absolute Gasteiger partial charge is 0.313 e. The normalized spacial score (nSPS) is 11.0. The van der Waals surface area contributed by atoms with Crippen LogP contribution in [-0.4, -0.2) is 25.0 Å². The van der Waals surface area contributed by atoms with E-state index in [1.165, 1.54) is 17.7 Å². The third kappa shape index (κ3) is 6.06. The highest BCUT2D eigenvalue weighted by Crippen LogP contribution is 2.03. The number of hydrogen-bond donors (Lipinski definition) is 1. The minimum atomic E-state index is -0.179. The zero-order valence-electron chi connectivity index (χ0n) is 12.6. The summed E-state index contributed by atoms with van der Waals surface area (Å²) in [4.78, 5) is 2.33. The molecule has 2 nitrogen and oxygen atoms in total. The number of halogens is 1. The summed E-state index contributed by atoms with van der Waals surface area (Å²) < 4.78 is 12.8. The average molecular weight is 286 g/mol. The second kappa shape index (κ2) is 8.55. The monoisotopic (exact) mass is 286 g/mol. The van der Waals surface area contributed by atoms with E-state index < -0.39 is 0 Å². The van der Waals surface area contributed by atoms with Crippen molar-refractivity contribution >= 4 is 0 Å². The molecule has 0 aliphatic heterocycles. The summed E-state index contributed by atoms with van der Waals surface area (Å²) in [5, 5.41) is 3.39. The molecule has 3 heteroatoms. The van der Waals surface area contributed by atoms with Gasteiger partial charge in [-0.05, 0) is 49.8 Å². The van der Waals surface area contributed by atoms with Crippen LogP contribution in [0.4, 0.5) is 4.39 Å². The van der Waals surface area contributed by atoms with E-state index in [0.717, 1.165) is 38.2 Å². The van der Waals surface area contributed by atoms with Gasteiger partial charge in [-0.25, -0.2) is 4.39 Å². The van der Waals surface area contributed by atoms with Crippen LogP contribution in [0.3, 0.4) is 0 Å². The van der Waals surface area contributed by atoms with Crippen LogP contribution in [-0.2, 0) is 13.1 Å². The van der Waals surface area contributed by atoms with Crippen LogP contribution in [0.2, 0.25) is 0 Å². The van der Waals surface area contributed by atoms with Gasteiger partial charge in [-0.2, -0.15) is 0 Å². The van der Waals surface area contributed by atoms with E-state index in [9.17, 15) is 4.39 Å². The molecular formula is C18H23FN2. The molecule has 0 saturated carbocycles. The van der Waals surface area contributed by atoms with Crippen molar-refractivity contribution in [3.8, 4) is 0 Å². The molecule has 1 N–H and O–H groups in total. The first-order valence-electron chi connectivity index (χ1n) is 7.41. The summed E-state index contributed by atoms with van der Waals surface area (Å²) in [5.41, 5.74) is 2.47. The molecule has 0 saturated heterocycles. The average Bonchev–Trinajstić information content (AvgIpc) is 2.50. The van der Waals surface area contributed by atoms with Crippen LogP contribution < -0.4 is 5.32 Å². The van der Waals surface area contributed by atoms with Gasteiger partial charge in [0.25, 0.3) is 0 Å². The Bertz CT molecular complexity index is 511. The first-order valence-corrected chi connectivity index (χ1v) is 7.41. The van der Waals surface area contributed by atoms with Gasteiger partial charge in [0.1, 0.15) is 5.82 Å². The number of hydrogen-bond acceptors (Lipinski definition) is 2. The Kier molecular flexibility index (Phi) is 6.38. The quantitative estimate of drug-likeness (QED) is 0.748. The fraction of sp³-hybridized carbons (Fsp3) is 0.333. The molecule has 0 radical (unpaired) electrons. The van der Waals surface area contributed by atoms with Crippen molar-refractivity contribution in [3.05, 3.63) is 71.5 Å². The smallest absolute Gasteiger partial charge is 0.123 e. The molecule has 112 valence electrons. The zero-order valence-corrected chi connectivity index (χ0v) is 12.6. The second-order valence-corrected chi connectivity index (χ2v) is 5.38. The van der Waals surface area contributed by atoms with E-state index in [4.69, 9.17) is 0 Å². The molecule has 0 bridgehead atoms. The van der Waals surface area contributed by atoms with Crippen molar-refractivity contribution in [2.45, 2.75) is 19.5 Å². The summed E-state index contributed by atoms with van der Waals surface area (Å²) in [6.07, 6.45) is 1.10. The Morgan fingerprint density at radius 2 is 1.67 bits per heavy atom. The lowest BCUT2D eigenvalue weighted by molar-refractivity contribution is 0.319. The maximum Gasteiger partial charge on any atom is 0.123 e. The third-order valence-corrected chi connectivity index (χ3v) is 3.43. The molecular weight excluding hydrogens is 263 g/mol. The highest BCUT2D eigenvalue weighted by molar-refractivity contribution is 5.16. The van der Waals surface area contributed by atoms with E-state index >= 15 is 0 Å². The van der Waals surface area contributed by atoms with E-state index in [0.29, 0.717) is 0 Å². The Hall–Kier alpha value is -1.71. The van der Waals surface area contributed by atoms with Gasteiger partial charge in [0.2, 0.25) is 0 Å². The predicted octanol–water partition coefficient (Wildman–Crippen LogP) is 3.44. The molecule has 0 spiro atoms. The second-order valence-electron chi connectivity index (χ2n) is 5.38. The molecule has 2 rings (SSSR count). The summed E-state index contributed by atoms with van der Waals surface area (Å²) >= 11 is 0. The van der Waals surface area contributed by atoms with Crippen LogP contribution >= 0.6 is 0 Å². The van der Waals surface area contributed by atoms with E-state index in [2.05, 4.69) is 41.5 Å². The van der Waals surface area contributed by atoms with E-state index in [1.54, 1.807) is 0 Å². The SMILES string of the molecule is CN(CCCNCc1ccc(F)cc1)Cc1ccccc1. The van der Waals surface area contributed by atoms with Crippen LogP contribution in [0.1, 0.15) is 17.5 Å². The molecule has 21 heavy (non-hydrogen) atoms. The summed E-state index contributed by atoms with van der Waals surface area (Å²) in [7, 11) is 2.15. The zero-order chi connectivity index (χ0) is 14.9. The van der Waals surface area contributed by atoms with Crippen molar-refractivity contribution in [2.24, 2.45) is 0 Å². The standard InChI is InChI=1S/C18H23FN2/c1-21(15-17-6-3-2-4-7-17)13-5-12-20-14-16-8-10-18(19)11-9-16/h2-4,6-11,20H,5,12-15H2,1H3. The lowest BCUT2D eigenvalue weighted by Crippen LogP contribution is -2.23. The Morgan fingerprint density at radius 1 is 0.952 bits per heavy atom. The number of nitrogens with one attached hydrogen (secondary N) is 1. The third-order valence-electron chi connectivity index (χ3n) is 3.43. The highest BCUT2D eigenvalue weighted by Gasteiger charge is 1.99. The van der Waals surface area contributed by atoms with Gasteiger partial charge in [0, 0.05) is 13.1 Å². The van der Waals surface area contributed by atoms with Gasteiger partial charge in [0.15, 0.2) is 0 Å². The maximum atomic E-state index is 12.8. The summed E-state index contributed by atoms with van der Waals surface area (Å²) in [5.74, 6) is -0.179. The highest BCUT2D eigenvalue weighted by atomic mass is 19.1.